The van der Waals surface area contributed by atoms with Crippen molar-refractivity contribution in [2.45, 2.75) is 25.3 Å². The van der Waals surface area contributed by atoms with Gasteiger partial charge in [-0.25, -0.2) is 0 Å². The normalized spacial score (nSPS) is 18.9. The Bertz CT molecular complexity index is 433. The molecule has 1 atom stereocenters. The van der Waals surface area contributed by atoms with Gasteiger partial charge >= 0.3 is 0 Å². The summed E-state index contributed by atoms with van der Waals surface area (Å²) in [6.45, 7) is 1.78. The number of halogens is 2. The van der Waals surface area contributed by atoms with E-state index in [1.54, 1.807) is 12.1 Å². The zero-order valence-corrected chi connectivity index (χ0v) is 12.4. The van der Waals surface area contributed by atoms with E-state index < -0.39 is 0 Å². The summed E-state index contributed by atoms with van der Waals surface area (Å²) < 4.78 is 0.874. The topological polar surface area (TPSA) is 41.1 Å². The van der Waals surface area contributed by atoms with Gasteiger partial charge in [-0.2, -0.15) is 0 Å². The van der Waals surface area contributed by atoms with Gasteiger partial charge in [-0.15, -0.1) is 0 Å². The minimum atomic E-state index is -0.106. The second-order valence-electron chi connectivity index (χ2n) is 4.46. The Labute approximate surface area is 120 Å². The summed E-state index contributed by atoms with van der Waals surface area (Å²) in [4.78, 5) is 11.9. The number of carbonyl (C=O) groups excluding carboxylic acids is 1. The van der Waals surface area contributed by atoms with Gasteiger partial charge in [-0.3, -0.25) is 4.79 Å². The maximum Gasteiger partial charge on any atom is 0.252 e. The summed E-state index contributed by atoms with van der Waals surface area (Å²) in [5.41, 5.74) is 0.527. The molecule has 1 fully saturated rings. The quantitative estimate of drug-likeness (QED) is 0.890. The summed E-state index contributed by atoms with van der Waals surface area (Å²) >= 11 is 9.35. The Morgan fingerprint density at radius 3 is 3.06 bits per heavy atom. The SMILES string of the molecule is O=C(NCCC1CCCN1)c1ccc(Br)cc1Cl. The van der Waals surface area contributed by atoms with E-state index in [2.05, 4.69) is 26.6 Å². The average molecular weight is 332 g/mol. The number of amides is 1. The van der Waals surface area contributed by atoms with Crippen molar-refractivity contribution in [2.24, 2.45) is 0 Å². The van der Waals surface area contributed by atoms with E-state index in [1.807, 2.05) is 6.07 Å². The summed E-state index contributed by atoms with van der Waals surface area (Å²) in [5, 5.41) is 6.79. The maximum atomic E-state index is 11.9. The van der Waals surface area contributed by atoms with Crippen LogP contribution in [0.15, 0.2) is 22.7 Å². The molecule has 0 aliphatic carbocycles. The highest BCUT2D eigenvalue weighted by atomic mass is 79.9. The smallest absolute Gasteiger partial charge is 0.252 e. The van der Waals surface area contributed by atoms with Gasteiger partial charge in [-0.1, -0.05) is 27.5 Å². The van der Waals surface area contributed by atoms with Crippen LogP contribution in [0.4, 0.5) is 0 Å². The lowest BCUT2D eigenvalue weighted by atomic mass is 10.1. The Morgan fingerprint density at radius 2 is 2.39 bits per heavy atom. The van der Waals surface area contributed by atoms with Crippen molar-refractivity contribution in [1.82, 2.24) is 10.6 Å². The molecular formula is C13H16BrClN2O. The molecule has 2 rings (SSSR count). The first-order valence-corrected chi connectivity index (χ1v) is 7.30. The van der Waals surface area contributed by atoms with Crippen molar-refractivity contribution in [3.63, 3.8) is 0 Å². The zero-order valence-electron chi connectivity index (χ0n) is 10.0. The van der Waals surface area contributed by atoms with Crippen LogP contribution in [-0.2, 0) is 0 Å². The summed E-state index contributed by atoms with van der Waals surface area (Å²) in [7, 11) is 0. The van der Waals surface area contributed by atoms with Crippen LogP contribution in [0, 0.1) is 0 Å². The number of hydrogen-bond donors (Lipinski definition) is 2. The predicted octanol–water partition coefficient (Wildman–Crippen LogP) is 2.97. The maximum absolute atomic E-state index is 11.9. The average Bonchev–Trinajstić information content (AvgIpc) is 2.81. The van der Waals surface area contributed by atoms with E-state index in [4.69, 9.17) is 11.6 Å². The van der Waals surface area contributed by atoms with Crippen LogP contribution in [0.1, 0.15) is 29.6 Å². The fraction of sp³-hybridized carbons (Fsp3) is 0.462. The lowest BCUT2D eigenvalue weighted by molar-refractivity contribution is 0.0952. The second kappa shape index (κ2) is 6.55. The molecule has 1 aliphatic heterocycles. The van der Waals surface area contributed by atoms with Crippen molar-refractivity contribution in [3.8, 4) is 0 Å². The highest BCUT2D eigenvalue weighted by molar-refractivity contribution is 9.10. The molecule has 0 bridgehead atoms. The van der Waals surface area contributed by atoms with Crippen LogP contribution in [0.3, 0.4) is 0 Å². The van der Waals surface area contributed by atoms with Crippen molar-refractivity contribution in [1.29, 1.82) is 0 Å². The molecule has 0 spiro atoms. The monoisotopic (exact) mass is 330 g/mol. The molecule has 1 aromatic carbocycles. The Morgan fingerprint density at radius 1 is 1.56 bits per heavy atom. The van der Waals surface area contributed by atoms with Gasteiger partial charge in [0, 0.05) is 17.1 Å². The van der Waals surface area contributed by atoms with Gasteiger partial charge in [0.25, 0.3) is 5.91 Å². The van der Waals surface area contributed by atoms with E-state index in [1.165, 1.54) is 12.8 Å². The number of hydrogen-bond acceptors (Lipinski definition) is 2. The summed E-state index contributed by atoms with van der Waals surface area (Å²) in [6.07, 6.45) is 3.41. The van der Waals surface area contributed by atoms with Gasteiger partial charge in [0.05, 0.1) is 10.6 Å². The molecular weight excluding hydrogens is 316 g/mol. The molecule has 1 aromatic rings. The molecule has 1 amide bonds. The molecule has 1 unspecified atom stereocenters. The third-order valence-corrected chi connectivity index (χ3v) is 3.92. The number of nitrogens with one attached hydrogen (secondary N) is 2. The summed E-state index contributed by atoms with van der Waals surface area (Å²) in [6, 6.07) is 5.83. The first-order valence-electron chi connectivity index (χ1n) is 6.13. The van der Waals surface area contributed by atoms with E-state index in [-0.39, 0.29) is 5.91 Å². The molecule has 1 saturated heterocycles. The lowest BCUT2D eigenvalue weighted by Gasteiger charge is -2.11. The Kier molecular flexibility index (Phi) is 5.03. The van der Waals surface area contributed by atoms with Crippen LogP contribution in [0.2, 0.25) is 5.02 Å². The van der Waals surface area contributed by atoms with Gasteiger partial charge in [0.1, 0.15) is 0 Å². The van der Waals surface area contributed by atoms with Gasteiger partial charge < -0.3 is 10.6 Å². The van der Waals surface area contributed by atoms with E-state index in [0.29, 0.717) is 23.2 Å². The van der Waals surface area contributed by atoms with Crippen LogP contribution in [-0.4, -0.2) is 25.0 Å². The van der Waals surface area contributed by atoms with Crippen LogP contribution in [0.5, 0.6) is 0 Å². The van der Waals surface area contributed by atoms with E-state index in [9.17, 15) is 4.79 Å². The fourth-order valence-corrected chi connectivity index (χ4v) is 2.89. The minimum absolute atomic E-state index is 0.106. The third kappa shape index (κ3) is 3.70. The predicted molar refractivity (Wildman–Crippen MR) is 77.1 cm³/mol. The first kappa shape index (κ1) is 13.8. The molecule has 18 heavy (non-hydrogen) atoms. The molecule has 98 valence electrons. The molecule has 1 heterocycles. The minimum Gasteiger partial charge on any atom is -0.352 e. The van der Waals surface area contributed by atoms with Crippen LogP contribution in [0.25, 0.3) is 0 Å². The number of rotatable bonds is 4. The molecule has 0 radical (unpaired) electrons. The van der Waals surface area contributed by atoms with Crippen molar-refractivity contribution in [3.05, 3.63) is 33.3 Å². The third-order valence-electron chi connectivity index (χ3n) is 3.12. The molecule has 0 saturated carbocycles. The van der Waals surface area contributed by atoms with Crippen LogP contribution < -0.4 is 10.6 Å². The van der Waals surface area contributed by atoms with E-state index >= 15 is 0 Å². The molecule has 2 N–H and O–H groups in total. The molecule has 3 nitrogen and oxygen atoms in total. The highest BCUT2D eigenvalue weighted by Crippen LogP contribution is 2.21. The fourth-order valence-electron chi connectivity index (χ4n) is 2.13. The second-order valence-corrected chi connectivity index (χ2v) is 5.78. The van der Waals surface area contributed by atoms with Gasteiger partial charge in [0.15, 0.2) is 0 Å². The first-order chi connectivity index (χ1) is 8.66. The Balaban J connectivity index is 1.83. The van der Waals surface area contributed by atoms with Gasteiger partial charge in [-0.05, 0) is 44.0 Å². The van der Waals surface area contributed by atoms with Gasteiger partial charge in [0.2, 0.25) is 0 Å². The van der Waals surface area contributed by atoms with Crippen LogP contribution >= 0.6 is 27.5 Å². The standard InChI is InChI=1S/C13H16BrClN2O/c14-9-3-4-11(12(15)8-9)13(18)17-7-5-10-2-1-6-16-10/h3-4,8,10,16H,1-2,5-7H2,(H,17,18). The Hall–Kier alpha value is -0.580. The van der Waals surface area contributed by atoms with Crippen molar-refractivity contribution < 1.29 is 4.79 Å². The van der Waals surface area contributed by atoms with Crippen molar-refractivity contribution in [2.75, 3.05) is 13.1 Å². The molecule has 5 heteroatoms. The lowest BCUT2D eigenvalue weighted by Crippen LogP contribution is -2.30. The number of benzene rings is 1. The van der Waals surface area contributed by atoms with Crippen molar-refractivity contribution >= 4 is 33.4 Å². The molecule has 0 aromatic heterocycles. The highest BCUT2D eigenvalue weighted by Gasteiger charge is 2.15. The zero-order chi connectivity index (χ0) is 13.0. The molecule has 1 aliphatic rings. The van der Waals surface area contributed by atoms with E-state index in [0.717, 1.165) is 17.4 Å². The summed E-state index contributed by atoms with van der Waals surface area (Å²) in [5.74, 6) is -0.106. The largest absolute Gasteiger partial charge is 0.352 e. The number of carbonyl (C=O) groups is 1.